The van der Waals surface area contributed by atoms with E-state index >= 15 is 0 Å². The maximum Gasteiger partial charge on any atom is 0.416 e. The van der Waals surface area contributed by atoms with Gasteiger partial charge in [0.15, 0.2) is 0 Å². The van der Waals surface area contributed by atoms with Gasteiger partial charge >= 0.3 is 12.1 Å². The zero-order valence-electron chi connectivity index (χ0n) is 16.1. The zero-order chi connectivity index (χ0) is 21.4. The van der Waals surface area contributed by atoms with Crippen LogP contribution in [-0.4, -0.2) is 29.8 Å². The van der Waals surface area contributed by atoms with Gasteiger partial charge in [-0.15, -0.1) is 0 Å². The molecule has 0 aliphatic carbocycles. The van der Waals surface area contributed by atoms with Gasteiger partial charge in [-0.2, -0.15) is 13.2 Å². The first-order chi connectivity index (χ1) is 13.7. The molecule has 1 aromatic carbocycles. The Bertz CT molecular complexity index is 870. The van der Waals surface area contributed by atoms with Crippen LogP contribution in [0.1, 0.15) is 41.6 Å². The van der Waals surface area contributed by atoms with E-state index in [1.54, 1.807) is 19.4 Å². The smallest absolute Gasteiger partial charge is 0.416 e. The summed E-state index contributed by atoms with van der Waals surface area (Å²) < 4.78 is 43.6. The molecule has 1 N–H and O–H groups in total. The van der Waals surface area contributed by atoms with Gasteiger partial charge in [-0.3, -0.25) is 4.98 Å². The molecule has 0 bridgehead atoms. The van der Waals surface area contributed by atoms with Gasteiger partial charge in [0, 0.05) is 43.2 Å². The number of aromatic nitrogens is 1. The third-order valence-corrected chi connectivity index (χ3v) is 4.38. The predicted molar refractivity (Wildman–Crippen MR) is 104 cm³/mol. The fourth-order valence-electron chi connectivity index (χ4n) is 2.72. The summed E-state index contributed by atoms with van der Waals surface area (Å²) in [5.74, 6) is -0.928. The normalized spacial score (nSPS) is 13.6. The highest BCUT2D eigenvalue weighted by atomic mass is 19.4. The first kappa shape index (κ1) is 22.4. The Labute approximate surface area is 167 Å². The molecule has 4 nitrogen and oxygen atoms in total. The van der Waals surface area contributed by atoms with E-state index in [-0.39, 0.29) is 5.92 Å². The maximum absolute atomic E-state index is 12.8. The van der Waals surface area contributed by atoms with E-state index in [0.29, 0.717) is 23.3 Å². The molecule has 0 saturated carbocycles. The molecule has 1 heterocycles. The third kappa shape index (κ3) is 6.57. The van der Waals surface area contributed by atoms with Crippen molar-refractivity contribution in [3.8, 4) is 0 Å². The predicted octanol–water partition coefficient (Wildman–Crippen LogP) is 5.31. The standard InChI is InChI=1S/C22H22F3NO3/c1-15(12-13-29-2)20-11-8-17(14-26-20)19(4-3-5-21(27)28)16-6-9-18(10-7-16)22(23,24)25/h3-11,14-15H,12-13H2,1-2H3,(H,27,28)/b5-3+,19-4+. The molecular formula is C22H22F3NO3. The van der Waals surface area contributed by atoms with E-state index in [1.807, 2.05) is 19.1 Å². The highest BCUT2D eigenvalue weighted by molar-refractivity contribution is 5.83. The molecular weight excluding hydrogens is 383 g/mol. The van der Waals surface area contributed by atoms with Crippen LogP contribution in [0.3, 0.4) is 0 Å². The van der Waals surface area contributed by atoms with Crippen molar-refractivity contribution in [2.75, 3.05) is 13.7 Å². The number of hydrogen-bond donors (Lipinski definition) is 1. The van der Waals surface area contributed by atoms with Crippen molar-refractivity contribution in [3.05, 3.63) is 83.2 Å². The summed E-state index contributed by atoms with van der Waals surface area (Å²) in [5, 5.41) is 8.80. The molecule has 2 rings (SSSR count). The number of methoxy groups -OCH3 is 1. The van der Waals surface area contributed by atoms with E-state index < -0.39 is 17.7 Å². The van der Waals surface area contributed by atoms with E-state index in [0.717, 1.165) is 30.3 Å². The van der Waals surface area contributed by atoms with Crippen LogP contribution in [0.4, 0.5) is 13.2 Å². The molecule has 1 atom stereocenters. The number of ether oxygens (including phenoxy) is 1. The fraction of sp³-hybridized carbons (Fsp3) is 0.273. The fourth-order valence-corrected chi connectivity index (χ4v) is 2.72. The lowest BCUT2D eigenvalue weighted by molar-refractivity contribution is -0.137. The summed E-state index contributed by atoms with van der Waals surface area (Å²) in [7, 11) is 1.63. The van der Waals surface area contributed by atoms with E-state index in [9.17, 15) is 18.0 Å². The summed E-state index contributed by atoms with van der Waals surface area (Å²) >= 11 is 0. The summed E-state index contributed by atoms with van der Waals surface area (Å²) in [5.41, 5.74) is 1.89. The van der Waals surface area contributed by atoms with Crippen molar-refractivity contribution < 1.29 is 27.8 Å². The van der Waals surface area contributed by atoms with Crippen molar-refractivity contribution in [3.63, 3.8) is 0 Å². The van der Waals surface area contributed by atoms with Crippen LogP contribution in [-0.2, 0) is 15.7 Å². The first-order valence-electron chi connectivity index (χ1n) is 8.96. The van der Waals surface area contributed by atoms with Crippen LogP contribution in [0.5, 0.6) is 0 Å². The Morgan fingerprint density at radius 3 is 2.34 bits per heavy atom. The summed E-state index contributed by atoms with van der Waals surface area (Å²) in [4.78, 5) is 15.2. The lowest BCUT2D eigenvalue weighted by atomic mass is 9.96. The van der Waals surface area contributed by atoms with Gasteiger partial charge in [0.25, 0.3) is 0 Å². The van der Waals surface area contributed by atoms with Gasteiger partial charge in [0.2, 0.25) is 0 Å². The van der Waals surface area contributed by atoms with Gasteiger partial charge in [0.1, 0.15) is 0 Å². The number of rotatable bonds is 8. The highest BCUT2D eigenvalue weighted by Gasteiger charge is 2.30. The second-order valence-corrected chi connectivity index (χ2v) is 6.51. The van der Waals surface area contributed by atoms with Gasteiger partial charge in [-0.05, 0) is 35.8 Å². The number of benzene rings is 1. The Hall–Kier alpha value is -2.93. The number of allylic oxidation sites excluding steroid dienone is 2. The van der Waals surface area contributed by atoms with Crippen molar-refractivity contribution in [2.24, 2.45) is 0 Å². The SMILES string of the molecule is COCCC(C)c1ccc(/C(=C/C=C/C(=O)O)c2ccc(C(F)(F)F)cc2)cn1. The minimum absolute atomic E-state index is 0.189. The number of alkyl halides is 3. The van der Waals surface area contributed by atoms with Crippen molar-refractivity contribution in [1.29, 1.82) is 0 Å². The van der Waals surface area contributed by atoms with E-state index in [1.165, 1.54) is 18.2 Å². The number of hydrogen-bond acceptors (Lipinski definition) is 3. The molecule has 0 spiro atoms. The lowest BCUT2D eigenvalue weighted by Gasteiger charge is -2.13. The van der Waals surface area contributed by atoms with Crippen LogP contribution in [0.2, 0.25) is 0 Å². The van der Waals surface area contributed by atoms with Crippen LogP contribution in [0, 0.1) is 0 Å². The largest absolute Gasteiger partial charge is 0.478 e. The summed E-state index contributed by atoms with van der Waals surface area (Å²) in [6.45, 7) is 2.64. The van der Waals surface area contributed by atoms with Crippen LogP contribution in [0.25, 0.3) is 5.57 Å². The third-order valence-electron chi connectivity index (χ3n) is 4.38. The number of carbonyl (C=O) groups is 1. The lowest BCUT2D eigenvalue weighted by Crippen LogP contribution is -2.04. The van der Waals surface area contributed by atoms with E-state index in [4.69, 9.17) is 9.84 Å². The highest BCUT2D eigenvalue weighted by Crippen LogP contribution is 2.31. The molecule has 0 saturated heterocycles. The number of carboxylic acid groups (broad SMARTS) is 1. The average molecular weight is 405 g/mol. The van der Waals surface area contributed by atoms with Crippen LogP contribution < -0.4 is 0 Å². The average Bonchev–Trinajstić information content (AvgIpc) is 2.69. The Morgan fingerprint density at radius 1 is 1.17 bits per heavy atom. The molecule has 2 aromatic rings. The molecule has 154 valence electrons. The number of carboxylic acids is 1. The molecule has 0 amide bonds. The minimum Gasteiger partial charge on any atom is -0.478 e. The van der Waals surface area contributed by atoms with E-state index in [2.05, 4.69) is 4.98 Å². The molecule has 0 fully saturated rings. The molecule has 29 heavy (non-hydrogen) atoms. The molecule has 7 heteroatoms. The Balaban J connectivity index is 2.37. The monoisotopic (exact) mass is 405 g/mol. The summed E-state index contributed by atoms with van der Waals surface area (Å²) in [6, 6.07) is 8.40. The maximum atomic E-state index is 12.8. The zero-order valence-corrected chi connectivity index (χ0v) is 16.1. The number of nitrogens with zero attached hydrogens (tertiary/aromatic N) is 1. The molecule has 1 unspecified atom stereocenters. The van der Waals surface area contributed by atoms with Crippen molar-refractivity contribution >= 4 is 11.5 Å². The minimum atomic E-state index is -4.42. The Kier molecular flexibility index (Phi) is 7.73. The van der Waals surface area contributed by atoms with Crippen molar-refractivity contribution in [2.45, 2.75) is 25.4 Å². The van der Waals surface area contributed by atoms with Crippen LogP contribution in [0.15, 0.2) is 60.8 Å². The quantitative estimate of drug-likeness (QED) is 0.477. The molecule has 0 aliphatic rings. The van der Waals surface area contributed by atoms with Crippen molar-refractivity contribution in [1.82, 2.24) is 4.98 Å². The second-order valence-electron chi connectivity index (χ2n) is 6.51. The molecule has 0 radical (unpaired) electrons. The molecule has 1 aromatic heterocycles. The first-order valence-corrected chi connectivity index (χ1v) is 8.96. The van der Waals surface area contributed by atoms with Gasteiger partial charge in [-0.25, -0.2) is 4.79 Å². The molecule has 0 aliphatic heterocycles. The van der Waals surface area contributed by atoms with Crippen LogP contribution >= 0.6 is 0 Å². The number of aliphatic carboxylic acids is 1. The van der Waals surface area contributed by atoms with Gasteiger partial charge in [-0.1, -0.05) is 37.3 Å². The number of pyridine rings is 1. The summed E-state index contributed by atoms with van der Waals surface area (Å²) in [6.07, 6.45) is 1.86. The van der Waals surface area contributed by atoms with Gasteiger partial charge in [0.05, 0.1) is 5.56 Å². The van der Waals surface area contributed by atoms with Gasteiger partial charge < -0.3 is 9.84 Å². The Morgan fingerprint density at radius 2 is 1.83 bits per heavy atom. The topological polar surface area (TPSA) is 59.4 Å². The second kappa shape index (κ2) is 10.0. The number of halogens is 3.